The second-order valence-electron chi connectivity index (χ2n) is 7.88. The van der Waals surface area contributed by atoms with E-state index >= 15 is 0 Å². The zero-order chi connectivity index (χ0) is 16.5. The number of carbonyl (C=O) groups excluding carboxylic acids is 1. The van der Waals surface area contributed by atoms with Crippen LogP contribution < -0.4 is 10.2 Å². The third-order valence-corrected chi connectivity index (χ3v) is 6.19. The summed E-state index contributed by atoms with van der Waals surface area (Å²) in [5, 5.41) is 3.04. The minimum absolute atomic E-state index is 0.154. The quantitative estimate of drug-likeness (QED) is 0.923. The highest BCUT2D eigenvalue weighted by molar-refractivity contribution is 5.90. The fraction of sp³-hybridized carbons (Fsp3) is 0.684. The fourth-order valence-electron chi connectivity index (χ4n) is 4.76. The molecule has 1 aromatic heterocycles. The van der Waals surface area contributed by atoms with E-state index in [9.17, 15) is 4.79 Å². The van der Waals surface area contributed by atoms with E-state index in [0.717, 1.165) is 49.5 Å². The van der Waals surface area contributed by atoms with Crippen LogP contribution in [0.5, 0.6) is 0 Å². The first-order chi connectivity index (χ1) is 11.7. The van der Waals surface area contributed by atoms with Gasteiger partial charge in [-0.1, -0.05) is 6.42 Å². The molecule has 1 amide bonds. The lowest BCUT2D eigenvalue weighted by atomic mass is 9.86. The zero-order valence-corrected chi connectivity index (χ0v) is 14.6. The number of amides is 1. The molecule has 1 saturated heterocycles. The van der Waals surface area contributed by atoms with Gasteiger partial charge in [0.25, 0.3) is 0 Å². The Bertz CT molecular complexity index is 580. The minimum Gasteiger partial charge on any atom is -0.354 e. The molecule has 0 aromatic carbocycles. The summed E-state index contributed by atoms with van der Waals surface area (Å²) in [6, 6.07) is 4.01. The largest absolute Gasteiger partial charge is 0.354 e. The molecule has 130 valence electrons. The van der Waals surface area contributed by atoms with Crippen molar-refractivity contribution in [2.24, 2.45) is 17.8 Å². The van der Waals surface area contributed by atoms with Crippen molar-refractivity contribution in [3.63, 3.8) is 0 Å². The third kappa shape index (κ3) is 3.41. The van der Waals surface area contributed by atoms with E-state index in [2.05, 4.69) is 27.1 Å². The van der Waals surface area contributed by atoms with Crippen molar-refractivity contribution in [1.82, 2.24) is 9.88 Å². The number of hydrogen-bond donors (Lipinski definition) is 1. The van der Waals surface area contributed by atoms with Crippen LogP contribution in [0.25, 0.3) is 0 Å². The van der Waals surface area contributed by atoms with Crippen molar-refractivity contribution in [2.75, 3.05) is 43.4 Å². The molecule has 1 aliphatic heterocycles. The van der Waals surface area contributed by atoms with Crippen molar-refractivity contribution in [2.45, 2.75) is 32.1 Å². The molecule has 1 aromatic rings. The molecule has 0 spiro atoms. The average molecular weight is 328 g/mol. The summed E-state index contributed by atoms with van der Waals surface area (Å²) in [5.41, 5.74) is 0.820. The van der Waals surface area contributed by atoms with Gasteiger partial charge in [0.15, 0.2) is 0 Å². The first kappa shape index (κ1) is 15.9. The van der Waals surface area contributed by atoms with Gasteiger partial charge in [-0.3, -0.25) is 4.79 Å². The molecule has 2 bridgehead atoms. The summed E-state index contributed by atoms with van der Waals surface area (Å²) in [7, 11) is 2.15. The standard InChI is InChI=1S/C19H28N4O/c1-22-6-8-23(9-7-22)18-5-4-17(13-20-18)21-19(24)12-16-11-14-2-3-15(16)10-14/h4-5,13-16H,2-3,6-12H2,1H3,(H,21,24). The van der Waals surface area contributed by atoms with Crippen molar-refractivity contribution in [3.8, 4) is 0 Å². The maximum Gasteiger partial charge on any atom is 0.224 e. The van der Waals surface area contributed by atoms with E-state index in [-0.39, 0.29) is 5.91 Å². The van der Waals surface area contributed by atoms with Gasteiger partial charge < -0.3 is 15.1 Å². The van der Waals surface area contributed by atoms with Gasteiger partial charge in [0.1, 0.15) is 5.82 Å². The first-order valence-electron chi connectivity index (χ1n) is 9.37. The van der Waals surface area contributed by atoms with Crippen molar-refractivity contribution >= 4 is 17.4 Å². The zero-order valence-electron chi connectivity index (χ0n) is 14.6. The number of piperazine rings is 1. The highest BCUT2D eigenvalue weighted by atomic mass is 16.1. The van der Waals surface area contributed by atoms with Crippen LogP contribution in [0.1, 0.15) is 32.1 Å². The number of fused-ring (bicyclic) bond motifs is 2. The molecular formula is C19H28N4O. The van der Waals surface area contributed by atoms with Gasteiger partial charge in [-0.15, -0.1) is 0 Å². The number of carbonyl (C=O) groups is 1. The van der Waals surface area contributed by atoms with Crippen molar-refractivity contribution in [1.29, 1.82) is 0 Å². The average Bonchev–Trinajstić information content (AvgIpc) is 3.19. The van der Waals surface area contributed by atoms with Crippen LogP contribution in [0.4, 0.5) is 11.5 Å². The Labute approximate surface area is 144 Å². The molecule has 2 aliphatic carbocycles. The highest BCUT2D eigenvalue weighted by Crippen LogP contribution is 2.49. The molecule has 0 radical (unpaired) electrons. The lowest BCUT2D eigenvalue weighted by Crippen LogP contribution is -2.44. The van der Waals surface area contributed by atoms with Crippen LogP contribution in [0.3, 0.4) is 0 Å². The van der Waals surface area contributed by atoms with Crippen LogP contribution in [0.2, 0.25) is 0 Å². The number of nitrogens with zero attached hydrogens (tertiary/aromatic N) is 3. The van der Waals surface area contributed by atoms with Gasteiger partial charge >= 0.3 is 0 Å². The van der Waals surface area contributed by atoms with Crippen molar-refractivity contribution < 1.29 is 4.79 Å². The van der Waals surface area contributed by atoms with Gasteiger partial charge in [-0.25, -0.2) is 4.98 Å². The SMILES string of the molecule is CN1CCN(c2ccc(NC(=O)CC3CC4CCC3C4)cn2)CC1. The Balaban J connectivity index is 1.29. The number of hydrogen-bond acceptors (Lipinski definition) is 4. The van der Waals surface area contributed by atoms with E-state index in [0.29, 0.717) is 12.3 Å². The van der Waals surface area contributed by atoms with Crippen LogP contribution in [0.15, 0.2) is 18.3 Å². The van der Waals surface area contributed by atoms with Gasteiger partial charge in [-0.2, -0.15) is 0 Å². The summed E-state index contributed by atoms with van der Waals surface area (Å²) in [4.78, 5) is 21.5. The Morgan fingerprint density at radius 2 is 2.04 bits per heavy atom. The number of pyridine rings is 1. The van der Waals surface area contributed by atoms with Gasteiger partial charge in [0.05, 0.1) is 11.9 Å². The maximum absolute atomic E-state index is 12.3. The predicted molar refractivity (Wildman–Crippen MR) is 96.1 cm³/mol. The molecule has 1 N–H and O–H groups in total. The number of rotatable bonds is 4. The number of anilines is 2. The number of nitrogens with one attached hydrogen (secondary N) is 1. The number of likely N-dealkylation sites (N-methyl/N-ethyl adjacent to an activating group) is 1. The Morgan fingerprint density at radius 1 is 1.21 bits per heavy atom. The van der Waals surface area contributed by atoms with Crippen LogP contribution in [-0.4, -0.2) is 49.0 Å². The van der Waals surface area contributed by atoms with Gasteiger partial charge in [0, 0.05) is 32.6 Å². The summed E-state index contributed by atoms with van der Waals surface area (Å²) in [6.07, 6.45) is 7.83. The molecular weight excluding hydrogens is 300 g/mol. The molecule has 3 unspecified atom stereocenters. The monoisotopic (exact) mass is 328 g/mol. The van der Waals surface area contributed by atoms with Crippen LogP contribution in [0, 0.1) is 17.8 Å². The van der Waals surface area contributed by atoms with E-state index in [1.54, 1.807) is 6.20 Å². The molecule has 2 saturated carbocycles. The topological polar surface area (TPSA) is 48.5 Å². The van der Waals surface area contributed by atoms with E-state index in [1.807, 2.05) is 12.1 Å². The lowest BCUT2D eigenvalue weighted by molar-refractivity contribution is -0.117. The Hall–Kier alpha value is -1.62. The molecule has 3 atom stereocenters. The smallest absolute Gasteiger partial charge is 0.224 e. The van der Waals surface area contributed by atoms with Crippen LogP contribution in [-0.2, 0) is 4.79 Å². The molecule has 2 heterocycles. The van der Waals surface area contributed by atoms with E-state index in [1.165, 1.54) is 25.7 Å². The molecule has 4 rings (SSSR count). The Kier molecular flexibility index (Phi) is 4.44. The fourth-order valence-corrected chi connectivity index (χ4v) is 4.76. The Morgan fingerprint density at radius 3 is 2.67 bits per heavy atom. The third-order valence-electron chi connectivity index (χ3n) is 6.19. The van der Waals surface area contributed by atoms with Crippen molar-refractivity contribution in [3.05, 3.63) is 18.3 Å². The van der Waals surface area contributed by atoms with E-state index < -0.39 is 0 Å². The van der Waals surface area contributed by atoms with Crippen LogP contribution >= 0.6 is 0 Å². The lowest BCUT2D eigenvalue weighted by Gasteiger charge is -2.33. The van der Waals surface area contributed by atoms with E-state index in [4.69, 9.17) is 0 Å². The number of aromatic nitrogens is 1. The minimum atomic E-state index is 0.154. The summed E-state index contributed by atoms with van der Waals surface area (Å²) in [5.74, 6) is 3.48. The van der Waals surface area contributed by atoms with Gasteiger partial charge in [0.2, 0.25) is 5.91 Å². The molecule has 5 nitrogen and oxygen atoms in total. The summed E-state index contributed by atoms with van der Waals surface area (Å²) >= 11 is 0. The summed E-state index contributed by atoms with van der Waals surface area (Å²) in [6.45, 7) is 4.17. The highest BCUT2D eigenvalue weighted by Gasteiger charge is 2.40. The normalized spacial score (nSPS) is 29.9. The second kappa shape index (κ2) is 6.71. The molecule has 5 heteroatoms. The molecule has 24 heavy (non-hydrogen) atoms. The maximum atomic E-state index is 12.3. The van der Waals surface area contributed by atoms with Gasteiger partial charge in [-0.05, 0) is 56.2 Å². The predicted octanol–water partition coefficient (Wildman–Crippen LogP) is 2.60. The summed E-state index contributed by atoms with van der Waals surface area (Å²) < 4.78 is 0. The second-order valence-corrected chi connectivity index (χ2v) is 7.88. The molecule has 3 fully saturated rings. The molecule has 3 aliphatic rings. The first-order valence-corrected chi connectivity index (χ1v) is 9.37.